The van der Waals surface area contributed by atoms with Crippen molar-refractivity contribution in [2.24, 2.45) is 0 Å². The first kappa shape index (κ1) is 21.8. The van der Waals surface area contributed by atoms with Crippen molar-refractivity contribution < 1.29 is 9.31 Å². The molecule has 2 rings (SSSR count). The molecule has 8 heteroatoms. The van der Waals surface area contributed by atoms with Gasteiger partial charge < -0.3 is 5.32 Å². The Kier molecular flexibility index (Phi) is 9.31. The molecule has 0 radical (unpaired) electrons. The minimum absolute atomic E-state index is 0. The maximum Gasteiger partial charge on any atom is 0.274 e. The summed E-state index contributed by atoms with van der Waals surface area (Å²) in [4.78, 5) is 13.0. The molecule has 0 amide bonds. The Morgan fingerprint density at radius 2 is 2.04 bits per heavy atom. The van der Waals surface area contributed by atoms with Gasteiger partial charge in [0.05, 0.1) is 10.5 Å². The molecule has 0 unspecified atom stereocenters. The van der Waals surface area contributed by atoms with E-state index in [2.05, 4.69) is 16.8 Å². The lowest BCUT2D eigenvalue weighted by molar-refractivity contribution is -0.386. The Balaban J connectivity index is 0.00000242. The number of nitrogens with zero attached hydrogens (tertiary/aromatic N) is 2. The molecule has 1 heterocycles. The lowest BCUT2D eigenvalue weighted by atomic mass is 9.96. The molecule has 5 nitrogen and oxygen atoms in total. The monoisotopic (exact) mass is 365 g/mol. The summed E-state index contributed by atoms with van der Waals surface area (Å²) in [7, 11) is 0. The van der Waals surface area contributed by atoms with Crippen LogP contribution >= 0.6 is 24.8 Å². The SMILES string of the molecule is C=C(C)C[C@H](c1cc(F)ccc1[N+](=O)[O-])N1CCNCC1.Cl.Cl. The number of hydrogen-bond acceptors (Lipinski definition) is 4. The molecule has 0 saturated carbocycles. The lowest BCUT2D eigenvalue weighted by Crippen LogP contribution is -2.45. The second-order valence-electron chi connectivity index (χ2n) is 5.42. The number of nitro groups is 1. The second-order valence-corrected chi connectivity index (χ2v) is 5.42. The van der Waals surface area contributed by atoms with Crippen molar-refractivity contribution in [2.75, 3.05) is 26.2 Å². The molecule has 0 aromatic heterocycles. The zero-order valence-corrected chi connectivity index (χ0v) is 14.6. The molecular weight excluding hydrogens is 344 g/mol. The molecule has 1 aliphatic heterocycles. The highest BCUT2D eigenvalue weighted by atomic mass is 35.5. The van der Waals surface area contributed by atoms with Gasteiger partial charge in [-0.05, 0) is 25.5 Å². The average Bonchev–Trinajstić information content (AvgIpc) is 2.45. The maximum atomic E-state index is 13.6. The summed E-state index contributed by atoms with van der Waals surface area (Å²) in [6.07, 6.45) is 0.588. The third-order valence-electron chi connectivity index (χ3n) is 3.68. The zero-order valence-electron chi connectivity index (χ0n) is 13.0. The van der Waals surface area contributed by atoms with Gasteiger partial charge in [-0.2, -0.15) is 0 Å². The van der Waals surface area contributed by atoms with E-state index in [1.807, 2.05) is 6.92 Å². The fourth-order valence-corrected chi connectivity index (χ4v) is 2.72. The molecule has 1 aromatic carbocycles. The maximum absolute atomic E-state index is 13.6. The Morgan fingerprint density at radius 1 is 1.43 bits per heavy atom. The van der Waals surface area contributed by atoms with Gasteiger partial charge in [-0.3, -0.25) is 15.0 Å². The van der Waals surface area contributed by atoms with Gasteiger partial charge in [0.15, 0.2) is 0 Å². The summed E-state index contributed by atoms with van der Waals surface area (Å²) in [5.41, 5.74) is 1.34. The lowest BCUT2D eigenvalue weighted by Gasteiger charge is -2.35. The van der Waals surface area contributed by atoms with Crippen molar-refractivity contribution in [3.05, 3.63) is 51.8 Å². The van der Waals surface area contributed by atoms with Crippen LogP contribution in [0.1, 0.15) is 24.9 Å². The van der Waals surface area contributed by atoms with Crippen LogP contribution in [0, 0.1) is 15.9 Å². The summed E-state index contributed by atoms with van der Waals surface area (Å²) in [6, 6.07) is 3.46. The summed E-state index contributed by atoms with van der Waals surface area (Å²) in [6.45, 7) is 9.02. The predicted octanol–water partition coefficient (Wildman–Crippen LogP) is 3.49. The highest BCUT2D eigenvalue weighted by Crippen LogP contribution is 2.34. The summed E-state index contributed by atoms with van der Waals surface area (Å²) < 4.78 is 13.6. The normalized spacial score (nSPS) is 15.9. The fourth-order valence-electron chi connectivity index (χ4n) is 2.72. The third-order valence-corrected chi connectivity index (χ3v) is 3.68. The molecular formula is C15H22Cl2FN3O2. The Hall–Kier alpha value is -1.21. The van der Waals surface area contributed by atoms with Gasteiger partial charge in [0.25, 0.3) is 5.69 Å². The van der Waals surface area contributed by atoms with Gasteiger partial charge in [0.2, 0.25) is 0 Å². The van der Waals surface area contributed by atoms with Crippen molar-refractivity contribution >= 4 is 30.5 Å². The van der Waals surface area contributed by atoms with Crippen LogP contribution in [-0.2, 0) is 0 Å². The second kappa shape index (κ2) is 9.82. The highest BCUT2D eigenvalue weighted by Gasteiger charge is 2.28. The molecule has 1 N–H and O–H groups in total. The number of rotatable bonds is 5. The van der Waals surface area contributed by atoms with Crippen LogP contribution in [0.5, 0.6) is 0 Å². The first-order valence-electron chi connectivity index (χ1n) is 7.02. The smallest absolute Gasteiger partial charge is 0.274 e. The van der Waals surface area contributed by atoms with Crippen LogP contribution in [0.25, 0.3) is 0 Å². The number of nitro benzene ring substituents is 1. The molecule has 23 heavy (non-hydrogen) atoms. The van der Waals surface area contributed by atoms with Crippen molar-refractivity contribution in [3.8, 4) is 0 Å². The van der Waals surface area contributed by atoms with E-state index in [9.17, 15) is 14.5 Å². The minimum Gasteiger partial charge on any atom is -0.314 e. The van der Waals surface area contributed by atoms with Gasteiger partial charge in [0, 0.05) is 38.3 Å². The van der Waals surface area contributed by atoms with Crippen LogP contribution in [0.3, 0.4) is 0 Å². The van der Waals surface area contributed by atoms with E-state index in [-0.39, 0.29) is 36.5 Å². The van der Waals surface area contributed by atoms with Crippen LogP contribution in [-0.4, -0.2) is 36.0 Å². The van der Waals surface area contributed by atoms with Crippen LogP contribution in [0.2, 0.25) is 0 Å². The number of halogens is 3. The van der Waals surface area contributed by atoms with Crippen LogP contribution in [0.15, 0.2) is 30.4 Å². The van der Waals surface area contributed by atoms with E-state index < -0.39 is 10.7 Å². The summed E-state index contributed by atoms with van der Waals surface area (Å²) in [5, 5.41) is 14.5. The summed E-state index contributed by atoms with van der Waals surface area (Å²) >= 11 is 0. The van der Waals surface area contributed by atoms with E-state index >= 15 is 0 Å². The molecule has 0 bridgehead atoms. The number of hydrogen-bond donors (Lipinski definition) is 1. The van der Waals surface area contributed by atoms with E-state index in [1.165, 1.54) is 12.1 Å². The topological polar surface area (TPSA) is 58.4 Å². The Morgan fingerprint density at radius 3 is 2.57 bits per heavy atom. The number of nitrogens with one attached hydrogen (secondary N) is 1. The molecule has 130 valence electrons. The summed E-state index contributed by atoms with van der Waals surface area (Å²) in [5.74, 6) is -0.447. The van der Waals surface area contributed by atoms with E-state index in [0.29, 0.717) is 12.0 Å². The van der Waals surface area contributed by atoms with E-state index in [4.69, 9.17) is 0 Å². The van der Waals surface area contributed by atoms with Gasteiger partial charge in [-0.15, -0.1) is 31.4 Å². The Bertz CT molecular complexity index is 552. The average molecular weight is 366 g/mol. The fraction of sp³-hybridized carbons (Fsp3) is 0.467. The van der Waals surface area contributed by atoms with Crippen LogP contribution in [0.4, 0.5) is 10.1 Å². The quantitative estimate of drug-likeness (QED) is 0.492. The predicted molar refractivity (Wildman–Crippen MR) is 94.2 cm³/mol. The number of piperazine rings is 1. The van der Waals surface area contributed by atoms with Crippen molar-refractivity contribution in [1.29, 1.82) is 0 Å². The Labute approximate surface area is 147 Å². The zero-order chi connectivity index (χ0) is 15.4. The first-order chi connectivity index (χ1) is 9.99. The van der Waals surface area contributed by atoms with Gasteiger partial charge in [-0.25, -0.2) is 4.39 Å². The van der Waals surface area contributed by atoms with Crippen molar-refractivity contribution in [1.82, 2.24) is 10.2 Å². The minimum atomic E-state index is -0.447. The first-order valence-corrected chi connectivity index (χ1v) is 7.02. The molecule has 0 aliphatic carbocycles. The molecule has 1 aliphatic rings. The third kappa shape index (κ3) is 5.73. The standard InChI is InChI=1S/C15H20FN3O2.2ClH/c1-11(2)9-15(18-7-5-17-6-8-18)13-10-12(16)3-4-14(13)19(20)21;;/h3-4,10,15,17H,1,5-9H2,2H3;2*1H/t15-;;/m1../s1. The van der Waals surface area contributed by atoms with E-state index in [0.717, 1.165) is 37.8 Å². The van der Waals surface area contributed by atoms with Crippen molar-refractivity contribution in [2.45, 2.75) is 19.4 Å². The highest BCUT2D eigenvalue weighted by molar-refractivity contribution is 5.85. The molecule has 1 fully saturated rings. The molecule has 1 saturated heterocycles. The number of benzene rings is 1. The molecule has 1 aromatic rings. The van der Waals surface area contributed by atoms with Crippen LogP contribution < -0.4 is 5.32 Å². The van der Waals surface area contributed by atoms with Gasteiger partial charge in [-0.1, -0.05) is 5.57 Å². The van der Waals surface area contributed by atoms with E-state index in [1.54, 1.807) is 0 Å². The van der Waals surface area contributed by atoms with Crippen molar-refractivity contribution in [3.63, 3.8) is 0 Å². The van der Waals surface area contributed by atoms with Gasteiger partial charge in [0.1, 0.15) is 5.82 Å². The molecule has 1 atom stereocenters. The molecule has 0 spiro atoms. The largest absolute Gasteiger partial charge is 0.314 e. The van der Waals surface area contributed by atoms with Gasteiger partial charge >= 0.3 is 0 Å².